The van der Waals surface area contributed by atoms with Gasteiger partial charge in [-0.3, -0.25) is 9.59 Å². The molecule has 1 aliphatic carbocycles. The van der Waals surface area contributed by atoms with Crippen molar-refractivity contribution in [3.63, 3.8) is 0 Å². The van der Waals surface area contributed by atoms with Gasteiger partial charge in [0.15, 0.2) is 0 Å². The van der Waals surface area contributed by atoms with Gasteiger partial charge in [-0.05, 0) is 18.8 Å². The average Bonchev–Trinajstić information content (AvgIpc) is 3.12. The van der Waals surface area contributed by atoms with E-state index in [0.717, 1.165) is 0 Å². The first-order valence-electron chi connectivity index (χ1n) is 6.37. The van der Waals surface area contributed by atoms with E-state index in [1.807, 2.05) is 13.8 Å². The van der Waals surface area contributed by atoms with Crippen LogP contribution in [0.25, 0.3) is 0 Å². The maximum absolute atomic E-state index is 11.4. The van der Waals surface area contributed by atoms with Crippen molar-refractivity contribution in [2.45, 2.75) is 26.7 Å². The summed E-state index contributed by atoms with van der Waals surface area (Å²) < 4.78 is 0. The topological polar surface area (TPSA) is 108 Å². The highest BCUT2D eigenvalue weighted by molar-refractivity contribution is 5.84. The fraction of sp³-hybridized carbons (Fsp3) is 0.750. The number of amides is 3. The Morgan fingerprint density at radius 2 is 1.79 bits per heavy atom. The number of rotatable bonds is 7. The normalized spacial score (nSPS) is 15.7. The summed E-state index contributed by atoms with van der Waals surface area (Å²) in [6, 6.07) is -0.521. The summed E-state index contributed by atoms with van der Waals surface area (Å²) in [6.45, 7) is 4.49. The molecule has 3 amide bonds. The molecule has 108 valence electrons. The Morgan fingerprint density at radius 1 is 1.16 bits per heavy atom. The molecule has 4 N–H and O–H groups in total. The number of carboxylic acids is 1. The first-order chi connectivity index (χ1) is 8.85. The zero-order valence-electron chi connectivity index (χ0n) is 11.3. The van der Waals surface area contributed by atoms with Crippen molar-refractivity contribution < 1.29 is 19.5 Å². The van der Waals surface area contributed by atoms with E-state index < -0.39 is 17.4 Å². The maximum atomic E-state index is 11.4. The minimum Gasteiger partial charge on any atom is -0.481 e. The van der Waals surface area contributed by atoms with Gasteiger partial charge in [0.2, 0.25) is 5.91 Å². The molecule has 0 aliphatic heterocycles. The van der Waals surface area contributed by atoms with Gasteiger partial charge in [0.1, 0.15) is 0 Å². The van der Waals surface area contributed by atoms with Gasteiger partial charge in [-0.2, -0.15) is 0 Å². The van der Waals surface area contributed by atoms with E-state index in [0.29, 0.717) is 25.3 Å². The highest BCUT2D eigenvalue weighted by Crippen LogP contribution is 2.45. The molecule has 0 atom stereocenters. The number of aliphatic carboxylic acids is 1. The Bertz CT molecular complexity index is 364. The molecule has 1 saturated carbocycles. The fourth-order valence-corrected chi connectivity index (χ4v) is 1.47. The summed E-state index contributed by atoms with van der Waals surface area (Å²) in [5.41, 5.74) is -0.794. The summed E-state index contributed by atoms with van der Waals surface area (Å²) in [5.74, 6) is -0.797. The third kappa shape index (κ3) is 5.15. The fourth-order valence-electron chi connectivity index (χ4n) is 1.47. The molecular weight excluding hydrogens is 250 g/mol. The van der Waals surface area contributed by atoms with Crippen LogP contribution >= 0.6 is 0 Å². The molecule has 1 fully saturated rings. The summed E-state index contributed by atoms with van der Waals surface area (Å²) >= 11 is 0. The minimum absolute atomic E-state index is 0.0990. The van der Waals surface area contributed by atoms with Gasteiger partial charge in [-0.15, -0.1) is 0 Å². The molecule has 1 rings (SSSR count). The van der Waals surface area contributed by atoms with Crippen molar-refractivity contribution in [3.05, 3.63) is 0 Å². The zero-order valence-corrected chi connectivity index (χ0v) is 11.3. The van der Waals surface area contributed by atoms with Crippen LogP contribution in [-0.4, -0.2) is 42.6 Å². The lowest BCUT2D eigenvalue weighted by atomic mass is 10.1. The van der Waals surface area contributed by atoms with Crippen LogP contribution in [0.15, 0.2) is 0 Å². The Hall–Kier alpha value is -1.79. The molecule has 0 radical (unpaired) electrons. The second kappa shape index (κ2) is 6.40. The quantitative estimate of drug-likeness (QED) is 0.519. The molecular formula is C12H21N3O4. The van der Waals surface area contributed by atoms with E-state index in [9.17, 15) is 14.4 Å². The third-order valence-corrected chi connectivity index (χ3v) is 3.01. The molecule has 0 saturated heterocycles. The van der Waals surface area contributed by atoms with Gasteiger partial charge in [-0.25, -0.2) is 4.79 Å². The number of carbonyl (C=O) groups excluding carboxylic acids is 2. The third-order valence-electron chi connectivity index (χ3n) is 3.01. The summed E-state index contributed by atoms with van der Waals surface area (Å²) in [5, 5.41) is 16.5. The molecule has 7 nitrogen and oxygen atoms in total. The van der Waals surface area contributed by atoms with Crippen molar-refractivity contribution in [2.75, 3.05) is 19.6 Å². The van der Waals surface area contributed by atoms with Gasteiger partial charge in [-0.1, -0.05) is 13.8 Å². The van der Waals surface area contributed by atoms with Crippen LogP contribution in [0.3, 0.4) is 0 Å². The molecule has 0 bridgehead atoms. The van der Waals surface area contributed by atoms with Crippen molar-refractivity contribution >= 4 is 17.9 Å². The lowest BCUT2D eigenvalue weighted by Crippen LogP contribution is -2.45. The number of nitrogens with one attached hydrogen (secondary N) is 3. The van der Waals surface area contributed by atoms with Crippen LogP contribution in [0.2, 0.25) is 0 Å². The van der Waals surface area contributed by atoms with E-state index >= 15 is 0 Å². The Labute approximate surface area is 112 Å². The lowest BCUT2D eigenvalue weighted by molar-refractivity contribution is -0.143. The predicted octanol–water partition coefficient (Wildman–Crippen LogP) is -0.0774. The first kappa shape index (κ1) is 15.3. The molecule has 0 aromatic heterocycles. The Morgan fingerprint density at radius 3 is 2.26 bits per heavy atom. The number of carboxylic acid groups (broad SMARTS) is 1. The van der Waals surface area contributed by atoms with Crippen LogP contribution < -0.4 is 16.0 Å². The van der Waals surface area contributed by atoms with Gasteiger partial charge < -0.3 is 21.1 Å². The number of hydrogen-bond acceptors (Lipinski definition) is 3. The monoisotopic (exact) mass is 271 g/mol. The van der Waals surface area contributed by atoms with E-state index in [2.05, 4.69) is 16.0 Å². The molecule has 19 heavy (non-hydrogen) atoms. The number of urea groups is 1. The second-order valence-corrected chi connectivity index (χ2v) is 5.32. The molecule has 0 unspecified atom stereocenters. The van der Waals surface area contributed by atoms with Crippen molar-refractivity contribution in [1.82, 2.24) is 16.0 Å². The predicted molar refractivity (Wildman–Crippen MR) is 68.6 cm³/mol. The summed E-state index contributed by atoms with van der Waals surface area (Å²) in [7, 11) is 0. The van der Waals surface area contributed by atoms with Crippen LogP contribution in [0.1, 0.15) is 26.7 Å². The van der Waals surface area contributed by atoms with E-state index in [-0.39, 0.29) is 19.0 Å². The van der Waals surface area contributed by atoms with Crippen molar-refractivity contribution in [3.8, 4) is 0 Å². The molecule has 0 aromatic rings. The average molecular weight is 271 g/mol. The van der Waals surface area contributed by atoms with E-state index in [1.54, 1.807) is 0 Å². The Kier molecular flexibility index (Phi) is 5.14. The molecule has 7 heteroatoms. The largest absolute Gasteiger partial charge is 0.481 e. The number of hydrogen-bond donors (Lipinski definition) is 4. The van der Waals surface area contributed by atoms with Crippen LogP contribution in [0.4, 0.5) is 4.79 Å². The van der Waals surface area contributed by atoms with Gasteiger partial charge in [0.25, 0.3) is 0 Å². The minimum atomic E-state index is -0.887. The highest BCUT2D eigenvalue weighted by Gasteiger charge is 2.50. The Balaban J connectivity index is 2.15. The molecule has 0 aromatic carbocycles. The van der Waals surface area contributed by atoms with Crippen molar-refractivity contribution in [2.24, 2.45) is 11.3 Å². The van der Waals surface area contributed by atoms with Crippen LogP contribution in [0, 0.1) is 11.3 Å². The molecule has 0 heterocycles. The zero-order chi connectivity index (χ0) is 14.5. The van der Waals surface area contributed by atoms with Gasteiger partial charge >= 0.3 is 12.0 Å². The summed E-state index contributed by atoms with van der Waals surface area (Å²) in [4.78, 5) is 33.6. The molecule has 1 aliphatic rings. The summed E-state index contributed by atoms with van der Waals surface area (Å²) in [6.07, 6.45) is 1.16. The smallest absolute Gasteiger partial charge is 0.315 e. The van der Waals surface area contributed by atoms with E-state index in [1.165, 1.54) is 0 Å². The SMILES string of the molecule is CC(C)CNC(=O)CNC(=O)NCC1(C(=O)O)CC1. The second-order valence-electron chi connectivity index (χ2n) is 5.32. The number of carbonyl (C=O) groups is 3. The standard InChI is InChI=1S/C12H21N3O4/c1-8(2)5-13-9(16)6-14-11(19)15-7-12(3-4-12)10(17)18/h8H,3-7H2,1-2H3,(H,13,16)(H,17,18)(H2,14,15,19). The van der Waals surface area contributed by atoms with Gasteiger partial charge in [0.05, 0.1) is 12.0 Å². The van der Waals surface area contributed by atoms with Crippen LogP contribution in [0.5, 0.6) is 0 Å². The lowest BCUT2D eigenvalue weighted by Gasteiger charge is -2.12. The highest BCUT2D eigenvalue weighted by atomic mass is 16.4. The maximum Gasteiger partial charge on any atom is 0.315 e. The van der Waals surface area contributed by atoms with Crippen LogP contribution in [-0.2, 0) is 9.59 Å². The van der Waals surface area contributed by atoms with E-state index in [4.69, 9.17) is 5.11 Å². The van der Waals surface area contributed by atoms with Gasteiger partial charge in [0, 0.05) is 13.1 Å². The van der Waals surface area contributed by atoms with Crippen molar-refractivity contribution in [1.29, 1.82) is 0 Å². The molecule has 0 spiro atoms. The first-order valence-corrected chi connectivity index (χ1v) is 6.37.